The number of unbranched alkanes of at least 4 members (excludes halogenated alkanes) is 1. The van der Waals surface area contributed by atoms with Gasteiger partial charge in [-0.05, 0) is 49.9 Å². The summed E-state index contributed by atoms with van der Waals surface area (Å²) in [5.41, 5.74) is 2.94. The number of sulfonamides is 1. The van der Waals surface area contributed by atoms with Crippen LogP contribution >= 0.6 is 0 Å². The molecule has 176 valence electrons. The molecule has 0 radical (unpaired) electrons. The number of anilines is 1. The molecule has 0 aromatic heterocycles. The number of aromatic hydroxyl groups is 2. The molecule has 0 heterocycles. The van der Waals surface area contributed by atoms with Gasteiger partial charge in [-0.25, -0.2) is 8.42 Å². The van der Waals surface area contributed by atoms with E-state index < -0.39 is 15.3 Å². The van der Waals surface area contributed by atoms with Gasteiger partial charge in [-0.15, -0.1) is 0 Å². The molecular weight excluding hydrogens is 434 g/mol. The Balaban J connectivity index is 2.27. The summed E-state index contributed by atoms with van der Waals surface area (Å²) < 4.78 is 29.3. The molecule has 1 unspecified atom stereocenters. The van der Waals surface area contributed by atoms with Gasteiger partial charge >= 0.3 is 0 Å². The number of aryl methyl sites for hydroxylation is 1. The van der Waals surface area contributed by atoms with Gasteiger partial charge in [0.05, 0.1) is 10.9 Å². The van der Waals surface area contributed by atoms with E-state index in [-0.39, 0.29) is 11.5 Å². The van der Waals surface area contributed by atoms with Crippen LogP contribution in [0.25, 0.3) is 28.0 Å². The smallest absolute Gasteiger partial charge is 0.235 e. The topological polar surface area (TPSA) is 86.6 Å². The van der Waals surface area contributed by atoms with Crippen molar-refractivity contribution in [2.45, 2.75) is 58.6 Å². The first-order valence-electron chi connectivity index (χ1n) is 11.5. The second-order valence-electron chi connectivity index (χ2n) is 8.38. The van der Waals surface area contributed by atoms with Crippen LogP contribution in [0.3, 0.4) is 0 Å². The van der Waals surface area contributed by atoms with Crippen LogP contribution in [-0.4, -0.2) is 23.9 Å². The Kier molecular flexibility index (Phi) is 7.69. The van der Waals surface area contributed by atoms with Crippen LogP contribution in [0.4, 0.5) is 5.69 Å². The first-order chi connectivity index (χ1) is 15.7. The molecule has 0 amide bonds. The SMILES string of the molecule is C/C=C\c1c(C)ccc(O)c1-c1cc(NS(=O)(=O)C(CC)CCCC)c2ccccc2c1O. The third-order valence-corrected chi connectivity index (χ3v) is 8.04. The van der Waals surface area contributed by atoms with Crippen LogP contribution in [0.5, 0.6) is 11.5 Å². The van der Waals surface area contributed by atoms with Crippen molar-refractivity contribution in [3.8, 4) is 22.6 Å². The molecular formula is C27H33NO4S. The second-order valence-corrected chi connectivity index (χ2v) is 10.3. The molecule has 0 fully saturated rings. The van der Waals surface area contributed by atoms with Crippen LogP contribution in [0.15, 0.2) is 48.5 Å². The lowest BCUT2D eigenvalue weighted by molar-refractivity contribution is 0.471. The van der Waals surface area contributed by atoms with Crippen LogP contribution in [-0.2, 0) is 10.0 Å². The monoisotopic (exact) mass is 467 g/mol. The van der Waals surface area contributed by atoms with E-state index in [1.165, 1.54) is 0 Å². The predicted octanol–water partition coefficient (Wildman–Crippen LogP) is 6.97. The minimum absolute atomic E-state index is 0.00164. The molecule has 0 saturated carbocycles. The van der Waals surface area contributed by atoms with Crippen LogP contribution in [0.2, 0.25) is 0 Å². The van der Waals surface area contributed by atoms with Crippen molar-refractivity contribution < 1.29 is 18.6 Å². The lowest BCUT2D eigenvalue weighted by Gasteiger charge is -2.21. The third kappa shape index (κ3) is 5.01. The summed E-state index contributed by atoms with van der Waals surface area (Å²) in [4.78, 5) is 0. The predicted molar refractivity (Wildman–Crippen MR) is 138 cm³/mol. The summed E-state index contributed by atoms with van der Waals surface area (Å²) in [6, 6.07) is 12.2. The van der Waals surface area contributed by atoms with E-state index in [4.69, 9.17) is 0 Å². The first-order valence-corrected chi connectivity index (χ1v) is 13.0. The van der Waals surface area contributed by atoms with Gasteiger partial charge in [0.1, 0.15) is 11.5 Å². The summed E-state index contributed by atoms with van der Waals surface area (Å²) >= 11 is 0. The molecule has 3 rings (SSSR count). The number of rotatable bonds is 9. The van der Waals surface area contributed by atoms with Gasteiger partial charge in [0.2, 0.25) is 10.0 Å². The second kappa shape index (κ2) is 10.3. The maximum absolute atomic E-state index is 13.3. The summed E-state index contributed by atoms with van der Waals surface area (Å²) in [7, 11) is -3.65. The molecule has 6 heteroatoms. The molecule has 1 atom stereocenters. The highest BCUT2D eigenvalue weighted by Crippen LogP contribution is 2.45. The van der Waals surface area contributed by atoms with Crippen molar-refractivity contribution in [1.82, 2.24) is 0 Å². The minimum atomic E-state index is -3.65. The van der Waals surface area contributed by atoms with Gasteiger partial charge in [-0.2, -0.15) is 0 Å². The van der Waals surface area contributed by atoms with E-state index in [1.54, 1.807) is 30.3 Å². The van der Waals surface area contributed by atoms with E-state index in [9.17, 15) is 18.6 Å². The van der Waals surface area contributed by atoms with Gasteiger partial charge < -0.3 is 10.2 Å². The third-order valence-electron chi connectivity index (χ3n) is 6.09. The fourth-order valence-corrected chi connectivity index (χ4v) is 5.82. The Labute approximate surface area is 196 Å². The van der Waals surface area contributed by atoms with Crippen molar-refractivity contribution in [2.75, 3.05) is 4.72 Å². The minimum Gasteiger partial charge on any atom is -0.507 e. The van der Waals surface area contributed by atoms with Crippen molar-refractivity contribution in [1.29, 1.82) is 0 Å². The van der Waals surface area contributed by atoms with Crippen molar-refractivity contribution in [3.05, 3.63) is 59.7 Å². The van der Waals surface area contributed by atoms with Gasteiger partial charge in [0, 0.05) is 21.9 Å². The van der Waals surface area contributed by atoms with Crippen LogP contribution < -0.4 is 4.72 Å². The fraction of sp³-hybridized carbons (Fsp3) is 0.333. The average Bonchev–Trinajstić information content (AvgIpc) is 2.79. The van der Waals surface area contributed by atoms with E-state index in [0.717, 1.165) is 24.0 Å². The first kappa shape index (κ1) is 24.6. The molecule has 0 aliphatic carbocycles. The van der Waals surface area contributed by atoms with E-state index in [2.05, 4.69) is 4.72 Å². The highest BCUT2D eigenvalue weighted by molar-refractivity contribution is 7.93. The van der Waals surface area contributed by atoms with Gasteiger partial charge in [-0.1, -0.05) is 69.2 Å². The Morgan fingerprint density at radius 2 is 1.76 bits per heavy atom. The maximum atomic E-state index is 13.3. The van der Waals surface area contributed by atoms with Crippen molar-refractivity contribution in [3.63, 3.8) is 0 Å². The number of fused-ring (bicyclic) bond motifs is 1. The largest absolute Gasteiger partial charge is 0.507 e. The zero-order chi connectivity index (χ0) is 24.2. The maximum Gasteiger partial charge on any atom is 0.235 e. The summed E-state index contributed by atoms with van der Waals surface area (Å²) in [5, 5.41) is 22.6. The number of benzene rings is 3. The number of hydrogen-bond acceptors (Lipinski definition) is 4. The molecule has 3 aromatic rings. The highest BCUT2D eigenvalue weighted by atomic mass is 32.2. The number of allylic oxidation sites excluding steroid dienone is 1. The molecule has 0 saturated heterocycles. The summed E-state index contributed by atoms with van der Waals surface area (Å²) in [6.07, 6.45) is 6.62. The standard InChI is InChI=1S/C27H33NO4S/c1-5-8-12-19(7-3)33(31,32)28-24-17-23(27(30)22-14-10-9-13-21(22)24)26-20(11-6-2)18(4)15-16-25(26)29/h6,9-11,13-17,19,28-30H,5,7-8,12H2,1-4H3/b11-6-. The lowest BCUT2D eigenvalue weighted by Crippen LogP contribution is -2.27. The summed E-state index contributed by atoms with van der Waals surface area (Å²) in [5.74, 6) is 0.0145. The van der Waals surface area contributed by atoms with E-state index in [1.807, 2.05) is 52.0 Å². The summed E-state index contributed by atoms with van der Waals surface area (Å²) in [6.45, 7) is 7.74. The fourth-order valence-electron chi connectivity index (χ4n) is 4.26. The normalized spacial score (nSPS) is 13.0. The van der Waals surface area contributed by atoms with E-state index >= 15 is 0 Å². The van der Waals surface area contributed by atoms with E-state index in [0.29, 0.717) is 40.4 Å². The van der Waals surface area contributed by atoms with Crippen molar-refractivity contribution >= 4 is 32.6 Å². The molecule has 3 aromatic carbocycles. The van der Waals surface area contributed by atoms with Gasteiger partial charge in [-0.3, -0.25) is 4.72 Å². The molecule has 0 bridgehead atoms. The quantitative estimate of drug-likeness (QED) is 0.297. The van der Waals surface area contributed by atoms with Crippen LogP contribution in [0, 0.1) is 6.92 Å². The Morgan fingerprint density at radius 3 is 2.39 bits per heavy atom. The zero-order valence-corrected chi connectivity index (χ0v) is 20.5. The molecule has 5 nitrogen and oxygen atoms in total. The van der Waals surface area contributed by atoms with Gasteiger partial charge in [0.15, 0.2) is 0 Å². The number of hydrogen-bond donors (Lipinski definition) is 3. The molecule has 0 aliphatic rings. The Hall–Kier alpha value is -2.99. The van der Waals surface area contributed by atoms with Gasteiger partial charge in [0.25, 0.3) is 0 Å². The average molecular weight is 468 g/mol. The number of nitrogens with one attached hydrogen (secondary N) is 1. The number of phenolic OH excluding ortho intramolecular Hbond substituents is 2. The Bertz CT molecular complexity index is 1280. The lowest BCUT2D eigenvalue weighted by atomic mass is 9.91. The Morgan fingerprint density at radius 1 is 1.06 bits per heavy atom. The molecule has 0 spiro atoms. The molecule has 33 heavy (non-hydrogen) atoms. The van der Waals surface area contributed by atoms with Crippen LogP contribution in [0.1, 0.15) is 57.6 Å². The van der Waals surface area contributed by atoms with Crippen molar-refractivity contribution in [2.24, 2.45) is 0 Å². The zero-order valence-electron chi connectivity index (χ0n) is 19.7. The molecule has 0 aliphatic heterocycles. The number of phenols is 2. The molecule has 3 N–H and O–H groups in total. The highest BCUT2D eigenvalue weighted by Gasteiger charge is 2.26.